The number of piperazine rings is 1. The Bertz CT molecular complexity index is 970. The quantitative estimate of drug-likeness (QED) is 0.623. The van der Waals surface area contributed by atoms with Gasteiger partial charge in [-0.05, 0) is 29.8 Å². The minimum Gasteiger partial charge on any atom is -0.364 e. The molecular weight excluding hydrogens is 388 g/mol. The van der Waals surface area contributed by atoms with Crippen molar-refractivity contribution in [1.29, 1.82) is 0 Å². The van der Waals surface area contributed by atoms with E-state index in [4.69, 9.17) is 4.74 Å². The van der Waals surface area contributed by atoms with Crippen LogP contribution in [0.3, 0.4) is 0 Å². The minimum absolute atomic E-state index is 0.00308. The lowest BCUT2D eigenvalue weighted by molar-refractivity contribution is -0.126. The molecule has 0 bridgehead atoms. The molecule has 150 valence electrons. The number of hydrogen-bond acceptors (Lipinski definition) is 6. The first-order chi connectivity index (χ1) is 14.2. The molecule has 1 aromatic heterocycles. The van der Waals surface area contributed by atoms with Crippen LogP contribution >= 0.6 is 11.3 Å². The van der Waals surface area contributed by atoms with Crippen molar-refractivity contribution in [3.05, 3.63) is 59.1 Å². The molecule has 0 radical (unpaired) electrons. The number of fused-ring (bicyclic) bond motifs is 1. The Morgan fingerprint density at radius 3 is 2.83 bits per heavy atom. The van der Waals surface area contributed by atoms with E-state index in [1.807, 2.05) is 53.4 Å². The zero-order valence-electron chi connectivity index (χ0n) is 15.9. The van der Waals surface area contributed by atoms with E-state index < -0.39 is 0 Å². The fraction of sp³-hybridized carbons (Fsp3) is 0.286. The smallest absolute Gasteiger partial charge is 0.246 e. The van der Waals surface area contributed by atoms with Crippen molar-refractivity contribution in [3.63, 3.8) is 0 Å². The highest BCUT2D eigenvalue weighted by Gasteiger charge is 2.16. The molecular formula is C21H22N4O3S. The number of amides is 2. The number of anilines is 1. The summed E-state index contributed by atoms with van der Waals surface area (Å²) < 4.78 is 6.61. The third-order valence-corrected chi connectivity index (χ3v) is 5.64. The Morgan fingerprint density at radius 2 is 2.03 bits per heavy atom. The summed E-state index contributed by atoms with van der Waals surface area (Å²) in [7, 11) is 0. The molecule has 2 amide bonds. The van der Waals surface area contributed by atoms with Crippen molar-refractivity contribution in [2.45, 2.75) is 13.2 Å². The van der Waals surface area contributed by atoms with Crippen LogP contribution in [0.15, 0.2) is 48.5 Å². The van der Waals surface area contributed by atoms with Gasteiger partial charge in [0.1, 0.15) is 11.6 Å². The van der Waals surface area contributed by atoms with Crippen molar-refractivity contribution in [1.82, 2.24) is 15.6 Å². The summed E-state index contributed by atoms with van der Waals surface area (Å²) >= 11 is 1.58. The molecule has 29 heavy (non-hydrogen) atoms. The molecule has 0 atom stereocenters. The summed E-state index contributed by atoms with van der Waals surface area (Å²) in [4.78, 5) is 30.0. The molecule has 7 nitrogen and oxygen atoms in total. The summed E-state index contributed by atoms with van der Waals surface area (Å²) in [5, 5.41) is 6.54. The molecule has 0 spiro atoms. The van der Waals surface area contributed by atoms with Crippen molar-refractivity contribution in [2.24, 2.45) is 0 Å². The molecule has 1 aliphatic heterocycles. The summed E-state index contributed by atoms with van der Waals surface area (Å²) in [6.07, 6.45) is 0. The van der Waals surface area contributed by atoms with Crippen LogP contribution in [0.4, 0.5) is 5.69 Å². The van der Waals surface area contributed by atoms with Crippen molar-refractivity contribution in [2.75, 3.05) is 31.1 Å². The fourth-order valence-corrected chi connectivity index (χ4v) is 4.05. The van der Waals surface area contributed by atoms with Gasteiger partial charge in [0.2, 0.25) is 11.8 Å². The second kappa shape index (κ2) is 9.02. The predicted molar refractivity (Wildman–Crippen MR) is 113 cm³/mol. The number of hydrogen-bond donors (Lipinski definition) is 2. The molecule has 0 aliphatic carbocycles. The third-order valence-electron chi connectivity index (χ3n) is 4.63. The van der Waals surface area contributed by atoms with E-state index in [1.54, 1.807) is 11.3 Å². The first kappa shape index (κ1) is 19.4. The predicted octanol–water partition coefficient (Wildman–Crippen LogP) is 2.07. The molecule has 2 aromatic carbocycles. The summed E-state index contributed by atoms with van der Waals surface area (Å²) in [5.41, 5.74) is 2.96. The number of rotatable bonds is 7. The van der Waals surface area contributed by atoms with Crippen LogP contribution in [-0.4, -0.2) is 43.0 Å². The molecule has 1 aliphatic rings. The number of benzene rings is 2. The van der Waals surface area contributed by atoms with Gasteiger partial charge in [-0.25, -0.2) is 4.98 Å². The van der Waals surface area contributed by atoms with Gasteiger partial charge in [-0.15, -0.1) is 11.3 Å². The molecule has 4 rings (SSSR count). The van der Waals surface area contributed by atoms with Gasteiger partial charge in [-0.2, -0.15) is 0 Å². The number of para-hydroxylation sites is 1. The average molecular weight is 410 g/mol. The normalized spacial score (nSPS) is 14.1. The largest absolute Gasteiger partial charge is 0.364 e. The number of carbonyl (C=O) groups excluding carboxylic acids is 2. The molecule has 8 heteroatoms. The Balaban J connectivity index is 1.20. The zero-order chi connectivity index (χ0) is 20.1. The van der Waals surface area contributed by atoms with Crippen LogP contribution in [0.5, 0.6) is 0 Å². The van der Waals surface area contributed by atoms with Crippen molar-refractivity contribution >= 4 is 39.1 Å². The maximum atomic E-state index is 12.0. The third kappa shape index (κ3) is 5.10. The van der Waals surface area contributed by atoms with Gasteiger partial charge in [0.05, 0.1) is 23.4 Å². The van der Waals surface area contributed by atoms with E-state index in [2.05, 4.69) is 15.6 Å². The molecule has 0 unspecified atom stereocenters. The monoisotopic (exact) mass is 410 g/mol. The second-order valence-corrected chi connectivity index (χ2v) is 7.90. The summed E-state index contributed by atoms with van der Waals surface area (Å²) in [5.74, 6) is -0.124. The van der Waals surface area contributed by atoms with Crippen LogP contribution in [0.1, 0.15) is 10.6 Å². The Labute approximate surface area is 172 Å². The fourth-order valence-electron chi connectivity index (χ4n) is 3.15. The first-order valence-electron chi connectivity index (χ1n) is 9.47. The average Bonchev–Trinajstić information content (AvgIpc) is 3.15. The van der Waals surface area contributed by atoms with Gasteiger partial charge < -0.3 is 20.3 Å². The number of thiazole rings is 1. The summed E-state index contributed by atoms with van der Waals surface area (Å²) in [6.45, 7) is 2.59. The van der Waals surface area contributed by atoms with Gasteiger partial charge in [-0.1, -0.05) is 24.3 Å². The van der Waals surface area contributed by atoms with Gasteiger partial charge in [0.15, 0.2) is 0 Å². The van der Waals surface area contributed by atoms with Gasteiger partial charge >= 0.3 is 0 Å². The van der Waals surface area contributed by atoms with Crippen LogP contribution in [0.2, 0.25) is 0 Å². The maximum Gasteiger partial charge on any atom is 0.246 e. The molecule has 1 saturated heterocycles. The standard InChI is InChI=1S/C21H22N4O3S/c26-19-12-25(10-9-22-19)16-7-5-15(6-8-16)11-23-20(27)13-28-14-21-24-17-3-1-2-4-18(17)29-21/h1-8H,9-14H2,(H,22,26)(H,23,27). The molecule has 1 fully saturated rings. The van der Waals surface area contributed by atoms with Crippen LogP contribution in [-0.2, 0) is 27.5 Å². The zero-order valence-corrected chi connectivity index (χ0v) is 16.7. The van der Waals surface area contributed by atoms with Crippen LogP contribution in [0.25, 0.3) is 10.2 Å². The van der Waals surface area contributed by atoms with Gasteiger partial charge in [0, 0.05) is 25.3 Å². The topological polar surface area (TPSA) is 83.6 Å². The molecule has 2 heterocycles. The molecule has 0 saturated carbocycles. The highest BCUT2D eigenvalue weighted by atomic mass is 32.1. The van der Waals surface area contributed by atoms with E-state index in [0.29, 0.717) is 26.2 Å². The van der Waals surface area contributed by atoms with Gasteiger partial charge in [0.25, 0.3) is 0 Å². The van der Waals surface area contributed by atoms with E-state index in [-0.39, 0.29) is 18.4 Å². The number of nitrogens with zero attached hydrogens (tertiary/aromatic N) is 2. The molecule has 2 N–H and O–H groups in total. The highest BCUT2D eigenvalue weighted by Crippen LogP contribution is 2.22. The Kier molecular flexibility index (Phi) is 6.02. The van der Waals surface area contributed by atoms with E-state index in [9.17, 15) is 9.59 Å². The number of nitrogens with one attached hydrogen (secondary N) is 2. The van der Waals surface area contributed by atoms with E-state index in [0.717, 1.165) is 33.0 Å². The minimum atomic E-state index is -0.164. The Hall–Kier alpha value is -2.97. The van der Waals surface area contributed by atoms with Crippen molar-refractivity contribution < 1.29 is 14.3 Å². The van der Waals surface area contributed by atoms with Crippen LogP contribution in [0, 0.1) is 0 Å². The van der Waals surface area contributed by atoms with Crippen molar-refractivity contribution in [3.8, 4) is 0 Å². The van der Waals surface area contributed by atoms with Crippen LogP contribution < -0.4 is 15.5 Å². The maximum absolute atomic E-state index is 12.0. The Morgan fingerprint density at radius 1 is 1.21 bits per heavy atom. The SMILES string of the molecule is O=C(COCc1nc2ccccc2s1)NCc1ccc(N2CCNC(=O)C2)cc1. The lowest BCUT2D eigenvalue weighted by Crippen LogP contribution is -2.47. The first-order valence-corrected chi connectivity index (χ1v) is 10.3. The van der Waals surface area contributed by atoms with E-state index in [1.165, 1.54) is 0 Å². The number of ether oxygens (including phenoxy) is 1. The van der Waals surface area contributed by atoms with E-state index >= 15 is 0 Å². The second-order valence-electron chi connectivity index (χ2n) is 6.78. The summed E-state index contributed by atoms with van der Waals surface area (Å²) in [6, 6.07) is 15.8. The number of carbonyl (C=O) groups is 2. The van der Waals surface area contributed by atoms with Gasteiger partial charge in [-0.3, -0.25) is 9.59 Å². The lowest BCUT2D eigenvalue weighted by Gasteiger charge is -2.28. The molecule has 3 aromatic rings. The lowest BCUT2D eigenvalue weighted by atomic mass is 10.2. The highest BCUT2D eigenvalue weighted by molar-refractivity contribution is 7.18. The number of aromatic nitrogens is 1.